The molecule has 1 radical (unpaired) electrons. The number of allylic oxidation sites excluding steroid dienone is 1. The molecule has 0 saturated heterocycles. The van der Waals surface area contributed by atoms with E-state index in [4.69, 9.17) is 0 Å². The fraction of sp³-hybridized carbons (Fsp3) is 0.500. The van der Waals surface area contributed by atoms with Gasteiger partial charge in [-0.25, -0.2) is 0 Å². The Labute approximate surface area is 61.0 Å². The summed E-state index contributed by atoms with van der Waals surface area (Å²) in [5, 5.41) is 6.33. The first-order valence-electron chi connectivity index (χ1n) is 3.72. The molecule has 2 nitrogen and oxygen atoms in total. The lowest BCUT2D eigenvalue weighted by molar-refractivity contribution is 0.492. The van der Waals surface area contributed by atoms with Crippen molar-refractivity contribution >= 4 is 0 Å². The van der Waals surface area contributed by atoms with Crippen LogP contribution in [0, 0.1) is 12.1 Å². The minimum absolute atomic E-state index is 0.700. The van der Waals surface area contributed by atoms with Gasteiger partial charge < -0.3 is 10.6 Å². The maximum absolute atomic E-state index is 3.21. The van der Waals surface area contributed by atoms with Gasteiger partial charge in [-0.05, 0) is 24.3 Å². The topological polar surface area (TPSA) is 24.1 Å². The van der Waals surface area contributed by atoms with Crippen LogP contribution in [0.4, 0.5) is 0 Å². The summed E-state index contributed by atoms with van der Waals surface area (Å²) in [5.41, 5.74) is 1.32. The molecule has 0 aromatic heterocycles. The molecule has 0 fully saturated rings. The molecule has 1 unspecified atom stereocenters. The Morgan fingerprint density at radius 1 is 1.60 bits per heavy atom. The van der Waals surface area contributed by atoms with Crippen molar-refractivity contribution in [1.82, 2.24) is 10.6 Å². The van der Waals surface area contributed by atoms with Crippen LogP contribution in [0.2, 0.25) is 0 Å². The lowest BCUT2D eigenvalue weighted by atomic mass is 9.92. The smallest absolute Gasteiger partial charge is 0.0615 e. The summed E-state index contributed by atoms with van der Waals surface area (Å²) in [6.45, 7) is 2.16. The predicted molar refractivity (Wildman–Crippen MR) is 40.0 cm³/mol. The van der Waals surface area contributed by atoms with Crippen molar-refractivity contribution in [2.45, 2.75) is 6.42 Å². The third kappa shape index (κ3) is 0.897. The molecule has 2 heteroatoms. The molecule has 0 aromatic carbocycles. The Hall–Kier alpha value is -0.920. The second kappa shape index (κ2) is 2.37. The average molecular weight is 135 g/mol. The third-order valence-electron chi connectivity index (χ3n) is 2.04. The molecule has 2 rings (SSSR count). The van der Waals surface area contributed by atoms with Crippen LogP contribution in [0.3, 0.4) is 0 Å². The van der Waals surface area contributed by atoms with Gasteiger partial charge in [0.05, 0.1) is 6.20 Å². The molecule has 0 bridgehead atoms. The van der Waals surface area contributed by atoms with E-state index in [1.807, 2.05) is 6.20 Å². The number of fused-ring (bicyclic) bond motifs is 1. The lowest BCUT2D eigenvalue weighted by Crippen LogP contribution is -2.31. The van der Waals surface area contributed by atoms with E-state index in [2.05, 4.69) is 22.9 Å². The van der Waals surface area contributed by atoms with E-state index in [9.17, 15) is 0 Å². The van der Waals surface area contributed by atoms with Crippen molar-refractivity contribution in [2.24, 2.45) is 5.92 Å². The summed E-state index contributed by atoms with van der Waals surface area (Å²) in [6.07, 6.45) is 8.49. The van der Waals surface area contributed by atoms with Crippen molar-refractivity contribution in [3.8, 4) is 0 Å². The van der Waals surface area contributed by atoms with E-state index < -0.39 is 0 Å². The highest BCUT2D eigenvalue weighted by Gasteiger charge is 2.17. The second-order valence-electron chi connectivity index (χ2n) is 2.73. The molecule has 2 aliphatic heterocycles. The Kier molecular flexibility index (Phi) is 1.38. The molecule has 53 valence electrons. The zero-order valence-electron chi connectivity index (χ0n) is 5.85. The standard InChI is InChI=1S/C8H11N2/c1-3-9-6-8-2-4-10-5-7(1)8/h1,3,8-10H,2,4,6H2. The maximum atomic E-state index is 3.21. The highest BCUT2D eigenvalue weighted by Crippen LogP contribution is 2.19. The zero-order valence-corrected chi connectivity index (χ0v) is 5.85. The molecule has 0 amide bonds. The van der Waals surface area contributed by atoms with Crippen LogP contribution in [0.25, 0.3) is 0 Å². The van der Waals surface area contributed by atoms with Crippen LogP contribution in [-0.4, -0.2) is 13.1 Å². The molecule has 0 saturated carbocycles. The van der Waals surface area contributed by atoms with Crippen LogP contribution in [0.1, 0.15) is 6.42 Å². The van der Waals surface area contributed by atoms with Crippen LogP contribution < -0.4 is 10.6 Å². The maximum Gasteiger partial charge on any atom is 0.0615 e. The van der Waals surface area contributed by atoms with Gasteiger partial charge in [-0.1, -0.05) is 0 Å². The van der Waals surface area contributed by atoms with E-state index >= 15 is 0 Å². The molecule has 2 N–H and O–H groups in total. The Morgan fingerprint density at radius 2 is 2.60 bits per heavy atom. The first-order valence-corrected chi connectivity index (χ1v) is 3.72. The normalized spacial score (nSPS) is 29.6. The third-order valence-corrected chi connectivity index (χ3v) is 2.04. The van der Waals surface area contributed by atoms with Crippen molar-refractivity contribution in [1.29, 1.82) is 0 Å². The number of hydrogen-bond acceptors (Lipinski definition) is 2. The van der Waals surface area contributed by atoms with E-state index in [0.717, 1.165) is 13.1 Å². The summed E-state index contributed by atoms with van der Waals surface area (Å²) in [6, 6.07) is 0. The van der Waals surface area contributed by atoms with Gasteiger partial charge in [-0.3, -0.25) is 0 Å². The van der Waals surface area contributed by atoms with Crippen LogP contribution in [0.15, 0.2) is 17.8 Å². The fourth-order valence-electron chi connectivity index (χ4n) is 1.42. The van der Waals surface area contributed by atoms with E-state index in [-0.39, 0.29) is 0 Å². The first kappa shape index (κ1) is 5.83. The predicted octanol–water partition coefficient (Wildman–Crippen LogP) is 0.400. The minimum Gasteiger partial charge on any atom is -0.390 e. The van der Waals surface area contributed by atoms with Gasteiger partial charge in [0, 0.05) is 19.0 Å². The highest BCUT2D eigenvalue weighted by atomic mass is 14.9. The van der Waals surface area contributed by atoms with Gasteiger partial charge in [0.25, 0.3) is 0 Å². The molecular weight excluding hydrogens is 124 g/mol. The summed E-state index contributed by atoms with van der Waals surface area (Å²) >= 11 is 0. The first-order chi connectivity index (χ1) is 4.97. The van der Waals surface area contributed by atoms with Gasteiger partial charge in [-0.2, -0.15) is 0 Å². The molecule has 0 aliphatic carbocycles. The molecule has 2 heterocycles. The van der Waals surface area contributed by atoms with Crippen LogP contribution in [0.5, 0.6) is 0 Å². The van der Waals surface area contributed by atoms with E-state index in [0.29, 0.717) is 5.92 Å². The van der Waals surface area contributed by atoms with Crippen molar-refractivity contribution < 1.29 is 0 Å². The van der Waals surface area contributed by atoms with Crippen molar-refractivity contribution in [3.05, 3.63) is 24.0 Å². The van der Waals surface area contributed by atoms with Gasteiger partial charge in [0.2, 0.25) is 0 Å². The average Bonchev–Trinajstić information content (AvgIpc) is 2.05. The van der Waals surface area contributed by atoms with Crippen molar-refractivity contribution in [2.75, 3.05) is 13.1 Å². The van der Waals surface area contributed by atoms with Crippen LogP contribution >= 0.6 is 0 Å². The van der Waals surface area contributed by atoms with E-state index in [1.54, 1.807) is 0 Å². The second-order valence-corrected chi connectivity index (χ2v) is 2.73. The highest BCUT2D eigenvalue weighted by molar-refractivity contribution is 5.23. The fourth-order valence-corrected chi connectivity index (χ4v) is 1.42. The Balaban J connectivity index is 2.21. The minimum atomic E-state index is 0.700. The number of nitrogens with one attached hydrogen (secondary N) is 2. The monoisotopic (exact) mass is 135 g/mol. The number of rotatable bonds is 0. The largest absolute Gasteiger partial charge is 0.390 e. The Morgan fingerprint density at radius 3 is 3.50 bits per heavy atom. The van der Waals surface area contributed by atoms with Crippen LogP contribution in [-0.2, 0) is 0 Å². The van der Waals surface area contributed by atoms with Gasteiger partial charge in [-0.15, -0.1) is 0 Å². The number of hydrogen-bond donors (Lipinski definition) is 2. The molecule has 1 atom stereocenters. The Bertz CT molecular complexity index is 182. The van der Waals surface area contributed by atoms with Crippen molar-refractivity contribution in [3.63, 3.8) is 0 Å². The summed E-state index contributed by atoms with van der Waals surface area (Å²) < 4.78 is 0. The molecule has 10 heavy (non-hydrogen) atoms. The summed E-state index contributed by atoms with van der Waals surface area (Å²) in [5.74, 6) is 0.700. The van der Waals surface area contributed by atoms with E-state index in [1.165, 1.54) is 12.0 Å². The summed E-state index contributed by atoms with van der Waals surface area (Å²) in [4.78, 5) is 0. The molecular formula is C8H11N2. The quantitative estimate of drug-likeness (QED) is 0.502. The zero-order chi connectivity index (χ0) is 6.81. The molecule has 0 spiro atoms. The van der Waals surface area contributed by atoms with Gasteiger partial charge >= 0.3 is 0 Å². The molecule has 0 aromatic rings. The lowest BCUT2D eigenvalue weighted by Gasteiger charge is -2.25. The summed E-state index contributed by atoms with van der Waals surface area (Å²) in [7, 11) is 0. The van der Waals surface area contributed by atoms with Gasteiger partial charge in [0.15, 0.2) is 0 Å². The molecule has 2 aliphatic rings. The SMILES string of the molecule is [C]1=C2C=CNCC2CCN1. The van der Waals surface area contributed by atoms with Gasteiger partial charge in [0.1, 0.15) is 0 Å².